The Morgan fingerprint density at radius 1 is 1.10 bits per heavy atom. The van der Waals surface area contributed by atoms with E-state index in [9.17, 15) is 8.78 Å². The van der Waals surface area contributed by atoms with Gasteiger partial charge < -0.3 is 5.32 Å². The van der Waals surface area contributed by atoms with Gasteiger partial charge in [0.15, 0.2) is 0 Å². The van der Waals surface area contributed by atoms with Crippen molar-refractivity contribution >= 4 is 0 Å². The van der Waals surface area contributed by atoms with E-state index in [2.05, 4.69) is 5.32 Å². The molecule has 0 fully saturated rings. The lowest BCUT2D eigenvalue weighted by atomic mass is 9.93. The van der Waals surface area contributed by atoms with Gasteiger partial charge >= 0.3 is 0 Å². The first-order valence-electron chi connectivity index (χ1n) is 6.78. The van der Waals surface area contributed by atoms with Crippen molar-refractivity contribution in [3.8, 4) is 0 Å². The van der Waals surface area contributed by atoms with Crippen LogP contribution in [0.4, 0.5) is 8.78 Å². The van der Waals surface area contributed by atoms with Crippen molar-refractivity contribution in [2.24, 2.45) is 0 Å². The molecule has 3 heteroatoms. The molecule has 0 radical (unpaired) electrons. The monoisotopic (exact) mass is 275 g/mol. The standard InChI is InChI=1S/C17H19F2N/c1-4-20-17(13-6-5-7-14(18)10-13)16-12(3)8-11(2)9-15(16)19/h5-10,17,20H,4H2,1-3H3. The Morgan fingerprint density at radius 2 is 1.85 bits per heavy atom. The van der Waals surface area contributed by atoms with E-state index in [1.165, 1.54) is 18.2 Å². The van der Waals surface area contributed by atoms with E-state index in [4.69, 9.17) is 0 Å². The summed E-state index contributed by atoms with van der Waals surface area (Å²) in [5.74, 6) is -0.562. The second-order valence-corrected chi connectivity index (χ2v) is 5.02. The third-order valence-electron chi connectivity index (χ3n) is 3.36. The first-order valence-corrected chi connectivity index (χ1v) is 6.78. The molecule has 20 heavy (non-hydrogen) atoms. The van der Waals surface area contributed by atoms with E-state index >= 15 is 0 Å². The molecule has 0 aliphatic rings. The third-order valence-corrected chi connectivity index (χ3v) is 3.36. The third kappa shape index (κ3) is 3.05. The van der Waals surface area contributed by atoms with Crippen LogP contribution in [0.25, 0.3) is 0 Å². The predicted molar refractivity (Wildman–Crippen MR) is 77.8 cm³/mol. The van der Waals surface area contributed by atoms with Gasteiger partial charge in [0.1, 0.15) is 11.6 Å². The number of benzene rings is 2. The van der Waals surface area contributed by atoms with E-state index in [1.807, 2.05) is 32.9 Å². The fourth-order valence-corrected chi connectivity index (χ4v) is 2.57. The van der Waals surface area contributed by atoms with E-state index in [1.54, 1.807) is 6.07 Å². The molecule has 0 bridgehead atoms. The van der Waals surface area contributed by atoms with Gasteiger partial charge in [-0.1, -0.05) is 25.1 Å². The molecule has 2 aromatic rings. The molecule has 106 valence electrons. The van der Waals surface area contributed by atoms with Crippen molar-refractivity contribution in [2.45, 2.75) is 26.8 Å². The van der Waals surface area contributed by atoms with Gasteiger partial charge in [-0.2, -0.15) is 0 Å². The minimum atomic E-state index is -0.337. The maximum Gasteiger partial charge on any atom is 0.128 e. The number of hydrogen-bond acceptors (Lipinski definition) is 1. The summed E-state index contributed by atoms with van der Waals surface area (Å²) in [6.45, 7) is 6.38. The molecule has 1 N–H and O–H groups in total. The molecule has 0 saturated heterocycles. The van der Waals surface area contributed by atoms with Crippen LogP contribution >= 0.6 is 0 Å². The Bertz CT molecular complexity index is 585. The van der Waals surface area contributed by atoms with Crippen molar-refractivity contribution in [2.75, 3.05) is 6.54 Å². The summed E-state index contributed by atoms with van der Waals surface area (Å²) in [5.41, 5.74) is 3.08. The van der Waals surface area contributed by atoms with Gasteiger partial charge in [0.2, 0.25) is 0 Å². The minimum absolute atomic E-state index is 0.252. The Labute approximate surface area is 118 Å². The lowest BCUT2D eigenvalue weighted by Crippen LogP contribution is -2.24. The van der Waals surface area contributed by atoms with Gasteiger partial charge in [-0.05, 0) is 55.3 Å². The lowest BCUT2D eigenvalue weighted by Gasteiger charge is -2.22. The van der Waals surface area contributed by atoms with Gasteiger partial charge in [-0.25, -0.2) is 8.78 Å². The summed E-state index contributed by atoms with van der Waals surface area (Å²) in [4.78, 5) is 0. The number of rotatable bonds is 4. The van der Waals surface area contributed by atoms with Crippen LogP contribution in [0.1, 0.15) is 35.2 Å². The van der Waals surface area contributed by atoms with Crippen LogP contribution in [0.15, 0.2) is 36.4 Å². The molecule has 1 atom stereocenters. The maximum atomic E-state index is 14.3. The second-order valence-electron chi connectivity index (χ2n) is 5.02. The minimum Gasteiger partial charge on any atom is -0.306 e. The summed E-state index contributed by atoms with van der Waals surface area (Å²) in [7, 11) is 0. The average molecular weight is 275 g/mol. The molecule has 1 nitrogen and oxygen atoms in total. The van der Waals surface area contributed by atoms with Crippen molar-refractivity contribution in [3.05, 3.63) is 70.3 Å². The molecular weight excluding hydrogens is 256 g/mol. The SMILES string of the molecule is CCNC(c1cccc(F)c1)c1c(C)cc(C)cc1F. The van der Waals surface area contributed by atoms with Crippen LogP contribution in [-0.2, 0) is 0 Å². The Hall–Kier alpha value is -1.74. The van der Waals surface area contributed by atoms with Crippen LogP contribution in [-0.4, -0.2) is 6.54 Å². The van der Waals surface area contributed by atoms with Crippen LogP contribution < -0.4 is 5.32 Å². The predicted octanol–water partition coefficient (Wildman–Crippen LogP) is 4.28. The molecule has 0 aliphatic carbocycles. The zero-order valence-corrected chi connectivity index (χ0v) is 12.0. The van der Waals surface area contributed by atoms with Gasteiger partial charge in [0.05, 0.1) is 6.04 Å². The van der Waals surface area contributed by atoms with Crippen molar-refractivity contribution < 1.29 is 8.78 Å². The highest BCUT2D eigenvalue weighted by atomic mass is 19.1. The first kappa shape index (κ1) is 14.7. The van der Waals surface area contributed by atoms with E-state index in [-0.39, 0.29) is 17.7 Å². The Balaban J connectivity index is 2.54. The molecule has 0 spiro atoms. The van der Waals surface area contributed by atoms with Crippen LogP contribution in [0.3, 0.4) is 0 Å². The number of nitrogens with one attached hydrogen (secondary N) is 1. The molecule has 0 saturated carbocycles. The highest BCUT2D eigenvalue weighted by Gasteiger charge is 2.20. The summed E-state index contributed by atoms with van der Waals surface area (Å²) >= 11 is 0. The molecule has 2 aromatic carbocycles. The molecular formula is C17H19F2N. The molecule has 1 unspecified atom stereocenters. The van der Waals surface area contributed by atoms with E-state index in [0.717, 1.165) is 16.7 Å². The average Bonchev–Trinajstić information content (AvgIpc) is 2.36. The second kappa shape index (κ2) is 6.14. The summed E-state index contributed by atoms with van der Waals surface area (Å²) in [6, 6.07) is 9.44. The highest BCUT2D eigenvalue weighted by Crippen LogP contribution is 2.28. The van der Waals surface area contributed by atoms with E-state index < -0.39 is 0 Å². The van der Waals surface area contributed by atoms with Gasteiger partial charge in [-0.15, -0.1) is 0 Å². The lowest BCUT2D eigenvalue weighted by molar-refractivity contribution is 0.551. The number of halogens is 2. The summed E-state index contributed by atoms with van der Waals surface area (Å²) in [6.07, 6.45) is 0. The Kier molecular flexibility index (Phi) is 4.50. The normalized spacial score (nSPS) is 12.4. The molecule has 0 amide bonds. The fraction of sp³-hybridized carbons (Fsp3) is 0.294. The summed E-state index contributed by atoms with van der Waals surface area (Å²) < 4.78 is 27.8. The van der Waals surface area contributed by atoms with Gasteiger partial charge in [0, 0.05) is 5.56 Å². The Morgan fingerprint density at radius 3 is 2.45 bits per heavy atom. The topological polar surface area (TPSA) is 12.0 Å². The molecule has 0 heterocycles. The zero-order valence-electron chi connectivity index (χ0n) is 12.0. The van der Waals surface area contributed by atoms with Crippen LogP contribution in [0.5, 0.6) is 0 Å². The van der Waals surface area contributed by atoms with Crippen molar-refractivity contribution in [1.29, 1.82) is 0 Å². The molecule has 0 aromatic heterocycles. The molecule has 2 rings (SSSR count). The van der Waals surface area contributed by atoms with Crippen molar-refractivity contribution in [3.63, 3.8) is 0 Å². The largest absolute Gasteiger partial charge is 0.306 e. The zero-order chi connectivity index (χ0) is 14.7. The molecule has 0 aliphatic heterocycles. The van der Waals surface area contributed by atoms with Crippen molar-refractivity contribution in [1.82, 2.24) is 5.32 Å². The summed E-state index contributed by atoms with van der Waals surface area (Å²) in [5, 5.41) is 3.24. The van der Waals surface area contributed by atoms with Gasteiger partial charge in [-0.3, -0.25) is 0 Å². The number of hydrogen-bond donors (Lipinski definition) is 1. The fourth-order valence-electron chi connectivity index (χ4n) is 2.57. The first-order chi connectivity index (χ1) is 9.52. The highest BCUT2D eigenvalue weighted by molar-refractivity contribution is 5.40. The quantitative estimate of drug-likeness (QED) is 0.878. The van der Waals surface area contributed by atoms with Crippen LogP contribution in [0, 0.1) is 25.5 Å². The van der Waals surface area contributed by atoms with Crippen LogP contribution in [0.2, 0.25) is 0 Å². The van der Waals surface area contributed by atoms with E-state index in [0.29, 0.717) is 12.1 Å². The number of aryl methyl sites for hydroxylation is 2. The smallest absolute Gasteiger partial charge is 0.128 e. The van der Waals surface area contributed by atoms with Gasteiger partial charge in [0.25, 0.3) is 0 Å². The maximum absolute atomic E-state index is 14.3.